The minimum atomic E-state index is -3.77. The Hall–Kier alpha value is -2.37. The predicted octanol–water partition coefficient (Wildman–Crippen LogP) is 3.88. The van der Waals surface area contributed by atoms with Gasteiger partial charge in [0.25, 0.3) is 5.69 Å². The van der Waals surface area contributed by atoms with Crippen LogP contribution >= 0.6 is 22.9 Å². The van der Waals surface area contributed by atoms with Crippen molar-refractivity contribution in [2.75, 3.05) is 26.2 Å². The quantitative estimate of drug-likeness (QED) is 0.394. The summed E-state index contributed by atoms with van der Waals surface area (Å²) in [6, 6.07) is 12.7. The van der Waals surface area contributed by atoms with E-state index in [4.69, 9.17) is 11.6 Å². The van der Waals surface area contributed by atoms with E-state index in [1.54, 1.807) is 11.3 Å². The summed E-state index contributed by atoms with van der Waals surface area (Å²) in [5, 5.41) is 14.6. The molecule has 3 aromatic rings. The van der Waals surface area contributed by atoms with Crippen molar-refractivity contribution in [1.82, 2.24) is 14.2 Å². The Kier molecular flexibility index (Phi) is 6.35. The number of nitro groups is 1. The van der Waals surface area contributed by atoms with E-state index in [1.165, 1.54) is 22.5 Å². The van der Waals surface area contributed by atoms with Crippen molar-refractivity contribution < 1.29 is 13.3 Å². The lowest BCUT2D eigenvalue weighted by Crippen LogP contribution is -2.48. The average Bonchev–Trinajstić information content (AvgIpc) is 3.23. The van der Waals surface area contributed by atoms with Gasteiger partial charge >= 0.3 is 0 Å². The van der Waals surface area contributed by atoms with Gasteiger partial charge in [-0.1, -0.05) is 29.8 Å². The molecule has 1 fully saturated rings. The Bertz CT molecular complexity index is 1190. The molecule has 0 aliphatic carbocycles. The minimum Gasteiger partial charge on any atom is -0.294 e. The first-order valence-electron chi connectivity index (χ1n) is 9.50. The van der Waals surface area contributed by atoms with Crippen molar-refractivity contribution >= 4 is 38.6 Å². The Morgan fingerprint density at radius 2 is 1.81 bits per heavy atom. The molecule has 1 saturated heterocycles. The molecular formula is C20H19ClN4O4S2. The fourth-order valence-corrected chi connectivity index (χ4v) is 5.80. The molecule has 0 radical (unpaired) electrons. The Morgan fingerprint density at radius 3 is 2.48 bits per heavy atom. The highest BCUT2D eigenvalue weighted by atomic mass is 35.5. The molecule has 0 unspecified atom stereocenters. The molecule has 31 heavy (non-hydrogen) atoms. The summed E-state index contributed by atoms with van der Waals surface area (Å²) in [6.45, 7) is 2.40. The van der Waals surface area contributed by atoms with Crippen LogP contribution in [0.2, 0.25) is 5.02 Å². The largest absolute Gasteiger partial charge is 0.294 e. The van der Waals surface area contributed by atoms with Gasteiger partial charge in [-0.25, -0.2) is 13.4 Å². The Morgan fingerprint density at radius 1 is 1.10 bits per heavy atom. The Labute approximate surface area is 188 Å². The van der Waals surface area contributed by atoms with Crippen LogP contribution < -0.4 is 0 Å². The van der Waals surface area contributed by atoms with Crippen molar-refractivity contribution in [2.24, 2.45) is 0 Å². The van der Waals surface area contributed by atoms with Gasteiger partial charge in [0, 0.05) is 54.3 Å². The SMILES string of the molecule is O=[N+]([O-])c1cccc(S(=O)(=O)N2CCN(Cc3nc(-c4ccc(Cl)cc4)cs3)CC2)c1. The summed E-state index contributed by atoms with van der Waals surface area (Å²) in [7, 11) is -3.77. The van der Waals surface area contributed by atoms with E-state index in [1.807, 2.05) is 29.6 Å². The van der Waals surface area contributed by atoms with Gasteiger partial charge in [0.2, 0.25) is 10.0 Å². The van der Waals surface area contributed by atoms with Gasteiger partial charge in [0.1, 0.15) is 5.01 Å². The summed E-state index contributed by atoms with van der Waals surface area (Å²) in [5.74, 6) is 0. The third kappa shape index (κ3) is 4.94. The molecule has 2 aromatic carbocycles. The van der Waals surface area contributed by atoms with Crippen LogP contribution in [-0.2, 0) is 16.6 Å². The van der Waals surface area contributed by atoms with Crippen LogP contribution in [0.25, 0.3) is 11.3 Å². The second-order valence-corrected chi connectivity index (χ2v) is 10.4. The van der Waals surface area contributed by atoms with Gasteiger partial charge in [0.05, 0.1) is 22.1 Å². The van der Waals surface area contributed by atoms with Gasteiger partial charge in [-0.05, 0) is 18.2 Å². The third-order valence-corrected chi connectivity index (χ3v) is 8.03. The van der Waals surface area contributed by atoms with Crippen LogP contribution in [0.4, 0.5) is 5.69 Å². The first-order chi connectivity index (χ1) is 14.8. The number of nitro benzene ring substituents is 1. The fraction of sp³-hybridized carbons (Fsp3) is 0.250. The van der Waals surface area contributed by atoms with Crippen LogP contribution in [-0.4, -0.2) is 53.7 Å². The van der Waals surface area contributed by atoms with E-state index in [2.05, 4.69) is 9.88 Å². The van der Waals surface area contributed by atoms with E-state index in [0.29, 0.717) is 37.7 Å². The lowest BCUT2D eigenvalue weighted by Gasteiger charge is -2.33. The molecule has 0 saturated carbocycles. The topological polar surface area (TPSA) is 96.6 Å². The standard InChI is InChI=1S/C20H19ClN4O4S2/c21-16-6-4-15(5-7-16)19-14-30-20(22-19)13-23-8-10-24(11-9-23)31(28,29)18-3-1-2-17(12-18)25(26)27/h1-7,12,14H,8-11,13H2. The smallest absolute Gasteiger partial charge is 0.270 e. The van der Waals surface area contributed by atoms with Crippen LogP contribution in [0.5, 0.6) is 0 Å². The van der Waals surface area contributed by atoms with E-state index in [0.717, 1.165) is 22.3 Å². The van der Waals surface area contributed by atoms with E-state index >= 15 is 0 Å². The zero-order valence-corrected chi connectivity index (χ0v) is 18.7. The number of hydrogen-bond donors (Lipinski definition) is 0. The molecule has 11 heteroatoms. The molecule has 0 spiro atoms. The number of hydrogen-bond acceptors (Lipinski definition) is 7. The second kappa shape index (κ2) is 9.01. The van der Waals surface area contributed by atoms with Crippen LogP contribution in [0.15, 0.2) is 58.8 Å². The Balaban J connectivity index is 1.38. The highest BCUT2D eigenvalue weighted by Gasteiger charge is 2.29. The van der Waals surface area contributed by atoms with E-state index in [9.17, 15) is 18.5 Å². The molecule has 4 rings (SSSR count). The van der Waals surface area contributed by atoms with Crippen molar-refractivity contribution in [3.05, 3.63) is 74.1 Å². The maximum absolute atomic E-state index is 12.9. The number of piperazine rings is 1. The number of rotatable bonds is 6. The second-order valence-electron chi connectivity index (χ2n) is 7.07. The lowest BCUT2D eigenvalue weighted by atomic mass is 10.2. The number of thiazole rings is 1. The number of sulfonamides is 1. The minimum absolute atomic E-state index is 0.0531. The number of nitrogens with zero attached hydrogens (tertiary/aromatic N) is 4. The summed E-state index contributed by atoms with van der Waals surface area (Å²) < 4.78 is 27.1. The monoisotopic (exact) mass is 478 g/mol. The molecule has 2 heterocycles. The van der Waals surface area contributed by atoms with Crippen molar-refractivity contribution in [1.29, 1.82) is 0 Å². The van der Waals surface area contributed by atoms with Crippen molar-refractivity contribution in [3.8, 4) is 11.3 Å². The summed E-state index contributed by atoms with van der Waals surface area (Å²) in [6.07, 6.45) is 0. The van der Waals surface area contributed by atoms with E-state index < -0.39 is 14.9 Å². The molecule has 8 nitrogen and oxygen atoms in total. The molecule has 0 amide bonds. The van der Waals surface area contributed by atoms with Crippen molar-refractivity contribution in [3.63, 3.8) is 0 Å². The maximum atomic E-state index is 12.9. The van der Waals surface area contributed by atoms with Crippen LogP contribution in [0.3, 0.4) is 0 Å². The zero-order valence-electron chi connectivity index (χ0n) is 16.3. The maximum Gasteiger partial charge on any atom is 0.270 e. The zero-order chi connectivity index (χ0) is 22.0. The molecule has 0 bridgehead atoms. The van der Waals surface area contributed by atoms with Crippen LogP contribution in [0.1, 0.15) is 5.01 Å². The first-order valence-corrected chi connectivity index (χ1v) is 12.2. The van der Waals surface area contributed by atoms with Gasteiger partial charge in [-0.15, -0.1) is 11.3 Å². The number of benzene rings is 2. The highest BCUT2D eigenvalue weighted by Crippen LogP contribution is 2.25. The number of non-ortho nitro benzene ring substituents is 1. The lowest BCUT2D eigenvalue weighted by molar-refractivity contribution is -0.385. The molecule has 1 aromatic heterocycles. The number of aromatic nitrogens is 1. The third-order valence-electron chi connectivity index (χ3n) is 5.05. The van der Waals surface area contributed by atoms with Gasteiger partial charge in [-0.2, -0.15) is 4.31 Å². The number of halogens is 1. The molecule has 1 aliphatic rings. The molecule has 1 aliphatic heterocycles. The highest BCUT2D eigenvalue weighted by molar-refractivity contribution is 7.89. The fourth-order valence-electron chi connectivity index (χ4n) is 3.36. The van der Waals surface area contributed by atoms with Gasteiger partial charge < -0.3 is 0 Å². The summed E-state index contributed by atoms with van der Waals surface area (Å²) in [5.41, 5.74) is 1.66. The molecule has 162 valence electrons. The summed E-state index contributed by atoms with van der Waals surface area (Å²) in [4.78, 5) is 17.2. The normalized spacial score (nSPS) is 15.8. The average molecular weight is 479 g/mol. The van der Waals surface area contributed by atoms with Gasteiger partial charge in [0.15, 0.2) is 0 Å². The van der Waals surface area contributed by atoms with E-state index in [-0.39, 0.29) is 10.6 Å². The van der Waals surface area contributed by atoms with Gasteiger partial charge in [-0.3, -0.25) is 15.0 Å². The molecule has 0 N–H and O–H groups in total. The van der Waals surface area contributed by atoms with Crippen LogP contribution in [0, 0.1) is 10.1 Å². The first kappa shape index (κ1) is 21.8. The predicted molar refractivity (Wildman–Crippen MR) is 120 cm³/mol. The van der Waals surface area contributed by atoms with Crippen molar-refractivity contribution in [2.45, 2.75) is 11.4 Å². The summed E-state index contributed by atoms with van der Waals surface area (Å²) >= 11 is 7.50. The molecule has 0 atom stereocenters. The molecular weight excluding hydrogens is 460 g/mol.